The van der Waals surface area contributed by atoms with Gasteiger partial charge in [-0.3, -0.25) is 9.69 Å². The van der Waals surface area contributed by atoms with Crippen LogP contribution in [0.25, 0.3) is 0 Å². The number of nitrogens with zero attached hydrogens (tertiary/aromatic N) is 3. The number of hydrogen-bond acceptors (Lipinski definition) is 3. The molecule has 5 heteroatoms. The Morgan fingerprint density at radius 3 is 2.87 bits per heavy atom. The van der Waals surface area contributed by atoms with Gasteiger partial charge in [-0.05, 0) is 28.1 Å². The fraction of sp³-hybridized carbons (Fsp3) is 0.300. The average Bonchev–Trinajstić information content (AvgIpc) is 2.61. The summed E-state index contributed by atoms with van der Waals surface area (Å²) < 4.78 is 0.665. The predicted molar refractivity (Wildman–Crippen MR) is 60.4 cm³/mol. The summed E-state index contributed by atoms with van der Waals surface area (Å²) in [4.78, 5) is 13.3. The molecule has 0 bridgehead atoms. The Morgan fingerprint density at radius 1 is 1.53 bits per heavy atom. The van der Waals surface area contributed by atoms with Crippen molar-refractivity contribution in [2.75, 3.05) is 11.4 Å². The Balaban J connectivity index is 2.21. The summed E-state index contributed by atoms with van der Waals surface area (Å²) in [5.74, 6) is 0.909. The SMILES string of the molecule is C=CC1CC(=O)N(c2ccc(Br)nn2)C1. The number of aromatic nitrogens is 2. The lowest BCUT2D eigenvalue weighted by molar-refractivity contribution is -0.117. The topological polar surface area (TPSA) is 46.1 Å². The van der Waals surface area contributed by atoms with Gasteiger partial charge in [0.2, 0.25) is 5.91 Å². The van der Waals surface area contributed by atoms with E-state index in [0.29, 0.717) is 23.4 Å². The van der Waals surface area contributed by atoms with Crippen LogP contribution in [-0.4, -0.2) is 22.6 Å². The molecule has 0 aromatic carbocycles. The van der Waals surface area contributed by atoms with Crippen molar-refractivity contribution in [3.8, 4) is 0 Å². The van der Waals surface area contributed by atoms with Crippen molar-refractivity contribution in [3.05, 3.63) is 29.4 Å². The quantitative estimate of drug-likeness (QED) is 0.768. The molecule has 0 radical (unpaired) electrons. The van der Waals surface area contributed by atoms with Crippen molar-refractivity contribution in [3.63, 3.8) is 0 Å². The lowest BCUT2D eigenvalue weighted by Crippen LogP contribution is -2.25. The van der Waals surface area contributed by atoms with E-state index in [4.69, 9.17) is 0 Å². The third kappa shape index (κ3) is 2.07. The number of carbonyl (C=O) groups is 1. The lowest BCUT2D eigenvalue weighted by Gasteiger charge is -2.13. The van der Waals surface area contributed by atoms with E-state index in [1.54, 1.807) is 17.0 Å². The number of amides is 1. The fourth-order valence-corrected chi connectivity index (χ4v) is 1.78. The smallest absolute Gasteiger partial charge is 0.228 e. The Kier molecular flexibility index (Phi) is 2.81. The highest BCUT2D eigenvalue weighted by Crippen LogP contribution is 2.23. The highest BCUT2D eigenvalue weighted by Gasteiger charge is 2.29. The molecule has 1 aliphatic heterocycles. The molecule has 15 heavy (non-hydrogen) atoms. The molecular weight excluding hydrogens is 258 g/mol. The monoisotopic (exact) mass is 267 g/mol. The summed E-state index contributed by atoms with van der Waals surface area (Å²) in [6.07, 6.45) is 2.32. The molecule has 1 aromatic heterocycles. The van der Waals surface area contributed by atoms with Gasteiger partial charge in [0.15, 0.2) is 5.82 Å². The molecule has 2 rings (SSSR count). The normalized spacial score (nSPS) is 20.7. The van der Waals surface area contributed by atoms with Crippen molar-refractivity contribution in [2.45, 2.75) is 6.42 Å². The van der Waals surface area contributed by atoms with Crippen LogP contribution in [-0.2, 0) is 4.79 Å². The summed E-state index contributed by atoms with van der Waals surface area (Å²) in [5.41, 5.74) is 0. The van der Waals surface area contributed by atoms with Crippen LogP contribution in [0.15, 0.2) is 29.4 Å². The molecule has 1 atom stereocenters. The van der Waals surface area contributed by atoms with Crippen LogP contribution in [0, 0.1) is 5.92 Å². The third-order valence-corrected chi connectivity index (χ3v) is 2.81. The van der Waals surface area contributed by atoms with Crippen LogP contribution >= 0.6 is 15.9 Å². The molecule has 0 spiro atoms. The Morgan fingerprint density at radius 2 is 2.33 bits per heavy atom. The fourth-order valence-electron chi connectivity index (χ4n) is 1.57. The van der Waals surface area contributed by atoms with E-state index in [1.165, 1.54) is 0 Å². The largest absolute Gasteiger partial charge is 0.295 e. The van der Waals surface area contributed by atoms with E-state index in [1.807, 2.05) is 6.08 Å². The van der Waals surface area contributed by atoms with E-state index in [-0.39, 0.29) is 11.8 Å². The molecule has 0 N–H and O–H groups in total. The van der Waals surface area contributed by atoms with Gasteiger partial charge < -0.3 is 0 Å². The molecule has 4 nitrogen and oxygen atoms in total. The molecule has 1 aromatic rings. The third-order valence-electron chi connectivity index (χ3n) is 2.38. The van der Waals surface area contributed by atoms with Crippen LogP contribution < -0.4 is 4.90 Å². The van der Waals surface area contributed by atoms with E-state index in [9.17, 15) is 4.79 Å². The summed E-state index contributed by atoms with van der Waals surface area (Å²) in [6, 6.07) is 3.55. The summed E-state index contributed by atoms with van der Waals surface area (Å²) in [6.45, 7) is 4.35. The minimum Gasteiger partial charge on any atom is -0.295 e. The lowest BCUT2D eigenvalue weighted by atomic mass is 10.1. The minimum atomic E-state index is 0.0801. The second kappa shape index (κ2) is 4.10. The molecule has 1 fully saturated rings. The average molecular weight is 268 g/mol. The van der Waals surface area contributed by atoms with Crippen molar-refractivity contribution in [1.29, 1.82) is 0 Å². The van der Waals surface area contributed by atoms with Gasteiger partial charge in [0.1, 0.15) is 4.60 Å². The number of hydrogen-bond donors (Lipinski definition) is 0. The molecule has 1 amide bonds. The van der Waals surface area contributed by atoms with Crippen LogP contribution in [0.3, 0.4) is 0 Å². The first-order valence-electron chi connectivity index (χ1n) is 4.63. The molecular formula is C10H10BrN3O. The van der Waals surface area contributed by atoms with E-state index >= 15 is 0 Å². The Hall–Kier alpha value is -1.23. The first kappa shape index (κ1) is 10.3. The maximum absolute atomic E-state index is 11.6. The molecule has 1 saturated heterocycles. The standard InChI is InChI=1S/C10H10BrN3O/c1-2-7-5-10(15)14(6-7)9-4-3-8(11)12-13-9/h2-4,7H,1,5-6H2. The van der Waals surface area contributed by atoms with Crippen LogP contribution in [0.4, 0.5) is 5.82 Å². The van der Waals surface area contributed by atoms with Gasteiger partial charge in [-0.1, -0.05) is 6.08 Å². The maximum Gasteiger partial charge on any atom is 0.228 e. The second-order valence-corrected chi connectivity index (χ2v) is 4.23. The van der Waals surface area contributed by atoms with Crippen LogP contribution in [0.2, 0.25) is 0 Å². The van der Waals surface area contributed by atoms with Gasteiger partial charge >= 0.3 is 0 Å². The molecule has 1 unspecified atom stereocenters. The van der Waals surface area contributed by atoms with Gasteiger partial charge in [0.25, 0.3) is 0 Å². The Bertz CT molecular complexity index is 390. The number of halogens is 1. The van der Waals surface area contributed by atoms with Crippen molar-refractivity contribution in [1.82, 2.24) is 10.2 Å². The molecule has 1 aliphatic rings. The first-order valence-corrected chi connectivity index (χ1v) is 5.42. The van der Waals surface area contributed by atoms with Gasteiger partial charge in [0.05, 0.1) is 0 Å². The minimum absolute atomic E-state index is 0.0801. The van der Waals surface area contributed by atoms with Gasteiger partial charge in [0, 0.05) is 18.9 Å². The van der Waals surface area contributed by atoms with Crippen LogP contribution in [0.5, 0.6) is 0 Å². The van der Waals surface area contributed by atoms with Crippen molar-refractivity contribution in [2.24, 2.45) is 5.92 Å². The molecule has 2 heterocycles. The zero-order valence-electron chi connectivity index (χ0n) is 8.06. The van der Waals surface area contributed by atoms with E-state index < -0.39 is 0 Å². The zero-order valence-corrected chi connectivity index (χ0v) is 9.64. The van der Waals surface area contributed by atoms with Gasteiger partial charge in [-0.15, -0.1) is 16.8 Å². The number of rotatable bonds is 2. The van der Waals surface area contributed by atoms with Gasteiger partial charge in [-0.2, -0.15) is 0 Å². The molecule has 78 valence electrons. The zero-order chi connectivity index (χ0) is 10.8. The second-order valence-electron chi connectivity index (χ2n) is 3.42. The Labute approximate surface area is 96.1 Å². The van der Waals surface area contributed by atoms with Crippen molar-refractivity contribution >= 4 is 27.7 Å². The highest BCUT2D eigenvalue weighted by molar-refractivity contribution is 9.10. The van der Waals surface area contributed by atoms with Crippen molar-refractivity contribution < 1.29 is 4.79 Å². The van der Waals surface area contributed by atoms with Crippen LogP contribution in [0.1, 0.15) is 6.42 Å². The molecule has 0 saturated carbocycles. The van der Waals surface area contributed by atoms with E-state index in [0.717, 1.165) is 0 Å². The highest BCUT2D eigenvalue weighted by atomic mass is 79.9. The maximum atomic E-state index is 11.6. The first-order chi connectivity index (χ1) is 7.20. The van der Waals surface area contributed by atoms with E-state index in [2.05, 4.69) is 32.7 Å². The van der Waals surface area contributed by atoms with Gasteiger partial charge in [-0.25, -0.2) is 0 Å². The summed E-state index contributed by atoms with van der Waals surface area (Å²) >= 11 is 3.20. The predicted octanol–water partition coefficient (Wildman–Crippen LogP) is 1.78. The number of carbonyl (C=O) groups excluding carboxylic acids is 1. The summed E-state index contributed by atoms with van der Waals surface area (Å²) in [7, 11) is 0. The summed E-state index contributed by atoms with van der Waals surface area (Å²) in [5, 5.41) is 7.81. The molecule has 0 aliphatic carbocycles. The number of anilines is 1.